The van der Waals surface area contributed by atoms with Gasteiger partial charge < -0.3 is 60.1 Å². The molecule has 8 aliphatic heterocycles. The summed E-state index contributed by atoms with van der Waals surface area (Å²) in [6, 6.07) is 28.4. The van der Waals surface area contributed by atoms with Crippen LogP contribution in [-0.4, -0.2) is 227 Å². The highest BCUT2D eigenvalue weighted by atomic mass is 35.5. The zero-order valence-electron chi connectivity index (χ0n) is 67.4. The van der Waals surface area contributed by atoms with Crippen LogP contribution in [0.3, 0.4) is 0 Å². The van der Waals surface area contributed by atoms with E-state index in [0.717, 1.165) is 150 Å². The molecule has 0 radical (unpaired) electrons. The minimum absolute atomic E-state index is 0.000620. The van der Waals surface area contributed by atoms with Crippen molar-refractivity contribution in [2.75, 3.05) is 109 Å². The number of fused-ring (bicyclic) bond motifs is 2. The first-order valence-electron chi connectivity index (χ1n) is 41.2. The number of imide groups is 4. The second kappa shape index (κ2) is 36.5. The number of nitrogen functional groups attached to an aromatic ring is 1. The van der Waals surface area contributed by atoms with Crippen LogP contribution in [0.2, 0.25) is 10.0 Å². The molecule has 10 amide bonds. The highest BCUT2D eigenvalue weighted by molar-refractivity contribution is 6.34. The Balaban J connectivity index is 0.000000169. The number of rotatable bonds is 19. The van der Waals surface area contributed by atoms with E-state index in [1.165, 1.54) is 0 Å². The molecule has 2 saturated carbocycles. The fourth-order valence-electron chi connectivity index (χ4n) is 17.8. The summed E-state index contributed by atoms with van der Waals surface area (Å²) in [6.07, 6.45) is 11.8. The first kappa shape index (κ1) is 83.5. The van der Waals surface area contributed by atoms with Crippen LogP contribution < -0.4 is 56.1 Å². The number of nitrogens with two attached hydrogens (primary N) is 1. The summed E-state index contributed by atoms with van der Waals surface area (Å²) >= 11 is 12.4. The van der Waals surface area contributed by atoms with Crippen LogP contribution in [0, 0.1) is 25.0 Å². The van der Waals surface area contributed by atoms with Gasteiger partial charge in [-0.15, -0.1) is 0 Å². The Morgan fingerprint density at radius 2 is 1.01 bits per heavy atom. The lowest BCUT2D eigenvalue weighted by Gasteiger charge is -2.45. The molecule has 6 atom stereocenters. The number of amides is 10. The minimum atomic E-state index is -0.999. The standard InChI is InChI=1S/C44H50ClN9O6.C30H36N6O5.C13H16ClN3/c1-5-50(31-18-33(19-31)60-32-8-9-34-35(21-32)43(58)54(42(34)57)38-11-13-40(55)49-41(38)56)25-28-14-16-51(17-15-28)39-12-6-29(22-47-39)48-44(59)53-24-26(2)52(23-27(53)3)30-7-10-37(46-4)36(45)20-30;1-2-34(17-18-9-11-35(12-10-18)26-7-3-19(31)16-32-26)20-13-22(14-20)41-21-4-5-23-24(15-21)30(40)36(29(23)39)25-6-8-27(37)33-28(25)38;1-9-8-17(10(2)7-16-9)11-4-5-13(15-3)12(14)6-11/h6-10,12,20-22,26-28,31,33,38H,5,11,13-19,23-25H2,1-3H3,(H,48,59)(H,49,55,56);3-5,7,15-16,18,20,22,25H,2,6,8-14,17,31H2,1H3,(H,33,37,38);4-6,9-10,16H,7-8H2,1-2H3/t26-,27+,31?,33?,38?;;9-,10+/m0.1/s1. The molecule has 31 heteroatoms. The molecule has 4 aromatic carbocycles. The van der Waals surface area contributed by atoms with Crippen molar-refractivity contribution >= 4 is 122 Å². The maximum atomic E-state index is 13.4. The number of hydrogen-bond acceptors (Lipinski definition) is 21. The van der Waals surface area contributed by atoms with Gasteiger partial charge in [0.25, 0.3) is 23.6 Å². The zero-order valence-corrected chi connectivity index (χ0v) is 68.9. The average Bonchev–Trinajstić information content (AvgIpc) is 1.61. The van der Waals surface area contributed by atoms with E-state index in [4.69, 9.17) is 56.5 Å². The van der Waals surface area contributed by atoms with Gasteiger partial charge in [0.05, 0.1) is 59.2 Å². The molecule has 6 N–H and O–H groups in total. The van der Waals surface area contributed by atoms with Crippen molar-refractivity contribution in [1.29, 1.82) is 0 Å². The number of aromatic nitrogens is 2. The number of nitrogens with one attached hydrogen (secondary N) is 4. The van der Waals surface area contributed by atoms with Gasteiger partial charge in [-0.1, -0.05) is 49.2 Å². The molecule has 10 aliphatic rings. The van der Waals surface area contributed by atoms with Crippen LogP contribution in [0.15, 0.2) is 109 Å². The highest BCUT2D eigenvalue weighted by Gasteiger charge is 2.48. The summed E-state index contributed by atoms with van der Waals surface area (Å²) in [5, 5.41) is 11.9. The van der Waals surface area contributed by atoms with Gasteiger partial charge in [-0.3, -0.25) is 58.8 Å². The number of piperidine rings is 4. The van der Waals surface area contributed by atoms with Gasteiger partial charge in [0.1, 0.15) is 47.4 Å². The van der Waals surface area contributed by atoms with Gasteiger partial charge in [-0.2, -0.15) is 0 Å². The summed E-state index contributed by atoms with van der Waals surface area (Å²) in [6.45, 7) is 38.1. The molecule has 2 unspecified atom stereocenters. The second-order valence-electron chi connectivity index (χ2n) is 32.7. The minimum Gasteiger partial charge on any atom is -0.490 e. The van der Waals surface area contributed by atoms with Crippen molar-refractivity contribution in [2.24, 2.45) is 11.8 Å². The van der Waals surface area contributed by atoms with Gasteiger partial charge in [0.2, 0.25) is 35.0 Å². The fourth-order valence-corrected chi connectivity index (χ4v) is 18.3. The predicted molar refractivity (Wildman–Crippen MR) is 450 cm³/mol. The Hall–Kier alpha value is -11.0. The molecule has 16 rings (SSSR count). The second-order valence-corrected chi connectivity index (χ2v) is 33.5. The van der Waals surface area contributed by atoms with Crippen LogP contribution >= 0.6 is 23.2 Å². The Kier molecular flexibility index (Phi) is 25.8. The van der Waals surface area contributed by atoms with Gasteiger partial charge in [-0.05, 0) is 176 Å². The number of pyridine rings is 2. The molecule has 0 spiro atoms. The first-order valence-corrected chi connectivity index (χ1v) is 42.0. The molecule has 10 heterocycles. The molecule has 0 bridgehead atoms. The van der Waals surface area contributed by atoms with Gasteiger partial charge in [0.15, 0.2) is 0 Å². The number of nitrogens with zero attached hydrogens (tertiary/aromatic N) is 13. The van der Waals surface area contributed by atoms with E-state index < -0.39 is 59.3 Å². The number of urea groups is 1. The van der Waals surface area contributed by atoms with E-state index >= 15 is 0 Å². The lowest BCUT2D eigenvalue weighted by molar-refractivity contribution is -0.137. The smallest absolute Gasteiger partial charge is 0.322 e. The van der Waals surface area contributed by atoms with Gasteiger partial charge >= 0.3 is 6.03 Å². The fraction of sp³-hybridized carbons (Fsp3) is 0.483. The quantitative estimate of drug-likeness (QED) is 0.0372. The normalized spacial score (nSPS) is 24.7. The Morgan fingerprint density at radius 1 is 0.551 bits per heavy atom. The van der Waals surface area contributed by atoms with Crippen LogP contribution in [0.1, 0.15) is 160 Å². The van der Waals surface area contributed by atoms with E-state index in [1.54, 1.807) is 60.9 Å². The van der Waals surface area contributed by atoms with Crippen LogP contribution in [-0.2, 0) is 19.2 Å². The highest BCUT2D eigenvalue weighted by Crippen LogP contribution is 2.40. The van der Waals surface area contributed by atoms with E-state index in [2.05, 4.69) is 100.0 Å². The topological polar surface area (TPSA) is 310 Å². The SMILES string of the molecule is CCN(CC1CCN(c2ccc(N)cn2)CC1)C1CC(Oc2ccc3c(c2)C(=O)N(C2CCC(=O)NC2=O)C3=O)C1.[C-]#[N+]c1ccc(N2C[C@@H](C)N(C(=O)Nc3ccc(N4CCC(CN(CC)C5CC(Oc6ccc7c(c6)C(=O)N(C6CCC(=O)NC6=O)C7=O)C5)CC4)nc3)C[C@@H]2C)cc1Cl.[C-]#[N+]c1ccc(N2C[C@@H](C)NC[C@@H]2C)cc1Cl. The van der Waals surface area contributed by atoms with Crippen molar-refractivity contribution in [1.82, 2.24) is 50.4 Å². The molecule has 118 heavy (non-hydrogen) atoms. The van der Waals surface area contributed by atoms with Gasteiger partial charge in [0, 0.05) is 162 Å². The number of carbonyl (C=O) groups is 9. The zero-order chi connectivity index (χ0) is 83.3. The molecule has 6 aromatic rings. The molecule has 2 aliphatic carbocycles. The molecular weight excluding hydrogens is 1540 g/mol. The molecule has 6 saturated heterocycles. The van der Waals surface area contributed by atoms with E-state index in [9.17, 15) is 43.2 Å². The summed E-state index contributed by atoms with van der Waals surface area (Å²) in [5.41, 5.74) is 11.1. The monoisotopic (exact) mass is 1640 g/mol. The van der Waals surface area contributed by atoms with E-state index in [0.29, 0.717) is 93.4 Å². The number of hydrogen-bond donors (Lipinski definition) is 5. The molecular formula is C87H102Cl2N18O11. The third kappa shape index (κ3) is 18.5. The molecule has 29 nitrogen and oxygen atoms in total. The largest absolute Gasteiger partial charge is 0.490 e. The Morgan fingerprint density at radius 3 is 1.43 bits per heavy atom. The van der Waals surface area contributed by atoms with Crippen molar-refractivity contribution in [3.63, 3.8) is 0 Å². The number of halogens is 2. The third-order valence-corrected chi connectivity index (χ3v) is 25.4. The number of anilines is 6. The first-order chi connectivity index (χ1) is 56.8. The van der Waals surface area contributed by atoms with E-state index in [-0.39, 0.29) is 78.3 Å². The summed E-state index contributed by atoms with van der Waals surface area (Å²) in [5.74, 6) is 0.0313. The average molecular weight is 1650 g/mol. The maximum Gasteiger partial charge on any atom is 0.322 e. The van der Waals surface area contributed by atoms with Gasteiger partial charge in [-0.25, -0.2) is 24.5 Å². The van der Waals surface area contributed by atoms with Crippen LogP contribution in [0.4, 0.5) is 50.6 Å². The summed E-state index contributed by atoms with van der Waals surface area (Å²) in [4.78, 5) is 148. The van der Waals surface area contributed by atoms with Crippen LogP contribution in [0.5, 0.6) is 11.5 Å². The van der Waals surface area contributed by atoms with Crippen molar-refractivity contribution in [3.05, 3.63) is 165 Å². The number of piperazine rings is 2. The molecule has 2 aromatic heterocycles. The number of ether oxygens (including phenoxy) is 2. The molecule has 8 fully saturated rings. The van der Waals surface area contributed by atoms with E-state index in [1.807, 2.05) is 60.4 Å². The predicted octanol–water partition coefficient (Wildman–Crippen LogP) is 11.3. The lowest BCUT2D eigenvalue weighted by Crippen LogP contribution is -2.59. The van der Waals surface area contributed by atoms with Crippen molar-refractivity contribution in [3.8, 4) is 11.5 Å². The Labute approximate surface area is 697 Å². The number of benzene rings is 4. The maximum absolute atomic E-state index is 13.4. The van der Waals surface area contributed by atoms with Crippen LogP contribution in [0.25, 0.3) is 9.69 Å². The Bertz CT molecular complexity index is 4880. The number of carbonyl (C=O) groups excluding carboxylic acids is 9. The summed E-state index contributed by atoms with van der Waals surface area (Å²) in [7, 11) is 0. The third-order valence-electron chi connectivity index (χ3n) is 24.8. The summed E-state index contributed by atoms with van der Waals surface area (Å²) < 4.78 is 12.5. The van der Waals surface area contributed by atoms with Crippen molar-refractivity contribution < 1.29 is 52.6 Å². The van der Waals surface area contributed by atoms with Crippen molar-refractivity contribution in [2.45, 2.75) is 179 Å². The molecule has 620 valence electrons. The lowest BCUT2D eigenvalue weighted by atomic mass is 9.86.